The SMILES string of the molecule is CC1=C(C(=O)OC(C)C)[C@@H](c2cccc(C)c2)N2C(CC(=O)N3CCN(C(=O)c4ccco4)CC3)=CSC2=N1. The quantitative estimate of drug-likeness (QED) is 0.491. The van der Waals surface area contributed by atoms with Gasteiger partial charge in [-0.25, -0.2) is 9.79 Å². The highest BCUT2D eigenvalue weighted by atomic mass is 32.2. The van der Waals surface area contributed by atoms with Crippen LogP contribution in [0.1, 0.15) is 54.9 Å². The smallest absolute Gasteiger partial charge is 0.338 e. The second kappa shape index (κ2) is 11.1. The number of amidine groups is 1. The van der Waals surface area contributed by atoms with Crippen molar-refractivity contribution in [1.82, 2.24) is 14.7 Å². The van der Waals surface area contributed by atoms with Crippen LogP contribution < -0.4 is 0 Å². The predicted octanol–water partition coefficient (Wildman–Crippen LogP) is 4.49. The topological polar surface area (TPSA) is 95.7 Å². The maximum atomic E-state index is 13.4. The molecular weight excluding hydrogens is 516 g/mol. The van der Waals surface area contributed by atoms with E-state index in [1.807, 2.05) is 56.2 Å². The lowest BCUT2D eigenvalue weighted by atomic mass is 9.93. The van der Waals surface area contributed by atoms with E-state index in [1.165, 1.54) is 18.0 Å². The fourth-order valence-electron chi connectivity index (χ4n) is 5.05. The minimum absolute atomic E-state index is 0.0335. The van der Waals surface area contributed by atoms with Crippen molar-refractivity contribution < 1.29 is 23.5 Å². The number of furan rings is 1. The zero-order valence-corrected chi connectivity index (χ0v) is 23.4. The summed E-state index contributed by atoms with van der Waals surface area (Å²) in [6.45, 7) is 9.26. The van der Waals surface area contributed by atoms with Crippen LogP contribution in [0, 0.1) is 6.92 Å². The van der Waals surface area contributed by atoms with E-state index < -0.39 is 12.0 Å². The Hall–Kier alpha value is -3.79. The first-order chi connectivity index (χ1) is 18.7. The summed E-state index contributed by atoms with van der Waals surface area (Å²) in [6.07, 6.45) is 1.36. The second-order valence-corrected chi connectivity index (χ2v) is 10.9. The van der Waals surface area contributed by atoms with Gasteiger partial charge in [-0.05, 0) is 50.8 Å². The zero-order chi connectivity index (χ0) is 27.7. The van der Waals surface area contributed by atoms with Crippen molar-refractivity contribution in [3.05, 3.63) is 81.9 Å². The standard InChI is InChI=1S/C29H32N4O5S/c1-18(2)38-28(36)25-20(4)30-29-33(26(25)21-8-5-7-19(3)15-21)22(17-39-29)16-24(34)31-10-12-32(13-11-31)27(35)23-9-6-14-37-23/h5-9,14-15,17-18,26H,10-13,16H2,1-4H3/t26-/m1/s1. The Kier molecular flexibility index (Phi) is 7.65. The van der Waals surface area contributed by atoms with E-state index in [9.17, 15) is 14.4 Å². The molecule has 1 saturated heterocycles. The average molecular weight is 549 g/mol. The molecule has 1 fully saturated rings. The first kappa shape index (κ1) is 26.8. The molecule has 9 nitrogen and oxygen atoms in total. The summed E-state index contributed by atoms with van der Waals surface area (Å²) >= 11 is 1.45. The Balaban J connectivity index is 1.35. The van der Waals surface area contributed by atoms with Crippen LogP contribution >= 0.6 is 11.8 Å². The van der Waals surface area contributed by atoms with Gasteiger partial charge < -0.3 is 23.9 Å². The van der Waals surface area contributed by atoms with Crippen LogP contribution in [0.5, 0.6) is 0 Å². The summed E-state index contributed by atoms with van der Waals surface area (Å²) in [5, 5.41) is 2.68. The number of benzene rings is 1. The van der Waals surface area contributed by atoms with Crippen molar-refractivity contribution in [2.45, 2.75) is 46.3 Å². The first-order valence-corrected chi connectivity index (χ1v) is 13.9. The van der Waals surface area contributed by atoms with Crippen molar-refractivity contribution >= 4 is 34.7 Å². The third kappa shape index (κ3) is 5.52. The van der Waals surface area contributed by atoms with Crippen LogP contribution in [-0.4, -0.2) is 69.9 Å². The van der Waals surface area contributed by atoms with E-state index in [4.69, 9.17) is 14.1 Å². The Morgan fingerprint density at radius 1 is 1.08 bits per heavy atom. The molecule has 5 rings (SSSR count). The number of aryl methyl sites for hydroxylation is 1. The van der Waals surface area contributed by atoms with Gasteiger partial charge >= 0.3 is 5.97 Å². The highest BCUT2D eigenvalue weighted by Gasteiger charge is 2.42. The number of allylic oxidation sites excluding steroid dienone is 1. The number of aliphatic imine (C=N–C) groups is 1. The van der Waals surface area contributed by atoms with Crippen LogP contribution in [0.3, 0.4) is 0 Å². The normalized spacial score (nSPS) is 19.2. The van der Waals surface area contributed by atoms with Gasteiger partial charge in [-0.2, -0.15) is 0 Å². The Morgan fingerprint density at radius 3 is 2.49 bits per heavy atom. The number of amides is 2. The minimum Gasteiger partial charge on any atom is -0.459 e. The van der Waals surface area contributed by atoms with Crippen molar-refractivity contribution in [2.75, 3.05) is 26.2 Å². The van der Waals surface area contributed by atoms with Gasteiger partial charge in [-0.3, -0.25) is 9.59 Å². The third-order valence-electron chi connectivity index (χ3n) is 6.91. The summed E-state index contributed by atoms with van der Waals surface area (Å²) in [5.41, 5.74) is 3.88. The highest BCUT2D eigenvalue weighted by molar-refractivity contribution is 8.16. The number of hydrogen-bond donors (Lipinski definition) is 0. The molecule has 1 aromatic heterocycles. The number of carbonyl (C=O) groups is 3. The molecule has 3 aliphatic heterocycles. The van der Waals surface area contributed by atoms with Gasteiger partial charge in [0.2, 0.25) is 5.91 Å². The number of nitrogens with zero attached hydrogens (tertiary/aromatic N) is 4. The average Bonchev–Trinajstić information content (AvgIpc) is 3.58. The zero-order valence-electron chi connectivity index (χ0n) is 22.5. The number of fused-ring (bicyclic) bond motifs is 1. The van der Waals surface area contributed by atoms with Gasteiger partial charge in [0.1, 0.15) is 0 Å². The molecule has 0 aliphatic carbocycles. The number of hydrogen-bond acceptors (Lipinski definition) is 8. The molecule has 1 atom stereocenters. The number of carbonyl (C=O) groups excluding carboxylic acids is 3. The van der Waals surface area contributed by atoms with Gasteiger partial charge in [-0.15, -0.1) is 0 Å². The van der Waals surface area contributed by atoms with Gasteiger partial charge in [0.05, 0.1) is 36.1 Å². The fourth-order valence-corrected chi connectivity index (χ4v) is 6.01. The molecule has 2 aromatic rings. The van der Waals surface area contributed by atoms with Crippen molar-refractivity contribution in [1.29, 1.82) is 0 Å². The van der Waals surface area contributed by atoms with E-state index in [1.54, 1.807) is 21.9 Å². The molecule has 0 unspecified atom stereocenters. The Bertz CT molecular complexity index is 1370. The lowest BCUT2D eigenvalue weighted by Crippen LogP contribution is -2.50. The van der Waals surface area contributed by atoms with Crippen molar-refractivity contribution in [3.63, 3.8) is 0 Å². The molecule has 0 radical (unpaired) electrons. The first-order valence-electron chi connectivity index (χ1n) is 13.1. The summed E-state index contributed by atoms with van der Waals surface area (Å²) in [6, 6.07) is 10.9. The van der Waals surface area contributed by atoms with Crippen molar-refractivity contribution in [2.24, 2.45) is 4.99 Å². The third-order valence-corrected chi connectivity index (χ3v) is 7.79. The molecule has 10 heteroatoms. The highest BCUT2D eigenvalue weighted by Crippen LogP contribution is 2.45. The van der Waals surface area contributed by atoms with Crippen LogP contribution in [0.15, 0.2) is 74.4 Å². The number of esters is 1. The summed E-state index contributed by atoms with van der Waals surface area (Å²) < 4.78 is 10.9. The van der Waals surface area contributed by atoms with Gasteiger partial charge in [0.25, 0.3) is 5.91 Å². The van der Waals surface area contributed by atoms with Crippen molar-refractivity contribution in [3.8, 4) is 0 Å². The number of rotatable bonds is 6. The number of piperazine rings is 1. The molecule has 2 amide bonds. The predicted molar refractivity (Wildman–Crippen MR) is 149 cm³/mol. The monoisotopic (exact) mass is 548 g/mol. The molecule has 204 valence electrons. The molecule has 0 bridgehead atoms. The van der Waals surface area contributed by atoms with E-state index in [-0.39, 0.29) is 24.3 Å². The van der Waals surface area contributed by atoms with Crippen LogP contribution in [0.2, 0.25) is 0 Å². The van der Waals surface area contributed by atoms with Gasteiger partial charge in [-0.1, -0.05) is 41.6 Å². The van der Waals surface area contributed by atoms with Crippen LogP contribution in [0.25, 0.3) is 0 Å². The molecule has 0 N–H and O–H groups in total. The number of thioether (sulfide) groups is 1. The molecule has 0 saturated carbocycles. The van der Waals surface area contributed by atoms with E-state index in [0.29, 0.717) is 43.2 Å². The van der Waals surface area contributed by atoms with E-state index >= 15 is 0 Å². The maximum Gasteiger partial charge on any atom is 0.338 e. The molecule has 4 heterocycles. The second-order valence-electron chi connectivity index (χ2n) is 10.1. The Labute approximate surface area is 232 Å². The molecule has 39 heavy (non-hydrogen) atoms. The largest absolute Gasteiger partial charge is 0.459 e. The minimum atomic E-state index is -0.458. The lowest BCUT2D eigenvalue weighted by Gasteiger charge is -2.38. The lowest BCUT2D eigenvalue weighted by molar-refractivity contribution is -0.143. The molecule has 0 spiro atoms. The van der Waals surface area contributed by atoms with Crippen LogP contribution in [0.4, 0.5) is 0 Å². The summed E-state index contributed by atoms with van der Waals surface area (Å²) in [4.78, 5) is 49.6. The molecule has 3 aliphatic rings. The molecular formula is C29H32N4O5S. The number of ether oxygens (including phenoxy) is 1. The summed E-state index contributed by atoms with van der Waals surface area (Å²) in [7, 11) is 0. The molecule has 1 aromatic carbocycles. The fraction of sp³-hybridized carbons (Fsp3) is 0.379. The van der Waals surface area contributed by atoms with Gasteiger partial charge in [0, 0.05) is 31.9 Å². The van der Waals surface area contributed by atoms with Gasteiger partial charge in [0.15, 0.2) is 10.9 Å². The summed E-state index contributed by atoms with van der Waals surface area (Å²) in [5.74, 6) is -0.303. The maximum absolute atomic E-state index is 13.4. The van der Waals surface area contributed by atoms with Crippen LogP contribution in [-0.2, 0) is 14.3 Å². The Morgan fingerprint density at radius 2 is 1.82 bits per heavy atom. The van der Waals surface area contributed by atoms with E-state index in [0.717, 1.165) is 22.0 Å². The van der Waals surface area contributed by atoms with E-state index in [2.05, 4.69) is 6.07 Å².